The molecule has 0 aliphatic heterocycles. The summed E-state index contributed by atoms with van der Waals surface area (Å²) in [6.07, 6.45) is 0.656. The Balaban J connectivity index is 1.63. The van der Waals surface area contributed by atoms with E-state index in [1.807, 2.05) is 54.1 Å². The van der Waals surface area contributed by atoms with Crippen molar-refractivity contribution in [3.8, 4) is 0 Å². The van der Waals surface area contributed by atoms with Crippen molar-refractivity contribution in [1.29, 1.82) is 0 Å². The van der Waals surface area contributed by atoms with Gasteiger partial charge < -0.3 is 10.1 Å². The van der Waals surface area contributed by atoms with Crippen LogP contribution >= 0.6 is 34.3 Å². The molecule has 0 radical (unpaired) electrons. The van der Waals surface area contributed by atoms with Crippen LogP contribution in [0.25, 0.3) is 11.6 Å². The van der Waals surface area contributed by atoms with Gasteiger partial charge in [0.2, 0.25) is 6.10 Å². The van der Waals surface area contributed by atoms with E-state index in [4.69, 9.17) is 16.3 Å². The number of hydrogen-bond acceptors (Lipinski definition) is 5. The molecule has 0 aliphatic rings. The first kappa shape index (κ1) is 23.0. The molecule has 0 saturated heterocycles. The summed E-state index contributed by atoms with van der Waals surface area (Å²) < 4.78 is 5.82. The van der Waals surface area contributed by atoms with Crippen molar-refractivity contribution in [2.75, 3.05) is 5.32 Å². The fraction of sp³-hybridized carbons (Fsp3) is 0.0769. The van der Waals surface area contributed by atoms with Gasteiger partial charge in [-0.2, -0.15) is 0 Å². The van der Waals surface area contributed by atoms with E-state index >= 15 is 0 Å². The van der Waals surface area contributed by atoms with Crippen molar-refractivity contribution in [2.45, 2.75) is 13.0 Å². The molecule has 1 N–H and O–H groups in total. The Kier molecular flexibility index (Phi) is 7.40. The van der Waals surface area contributed by atoms with Crippen LogP contribution in [0, 0.1) is 6.92 Å². The molecular weight excluding hydrogens is 474 g/mol. The Morgan fingerprint density at radius 2 is 1.73 bits per heavy atom. The zero-order valence-electron chi connectivity index (χ0n) is 17.7. The minimum absolute atomic E-state index is 0.402. The smallest absolute Gasteiger partial charge is 0.340 e. The largest absolute Gasteiger partial charge is 0.444 e. The summed E-state index contributed by atoms with van der Waals surface area (Å²) in [5.74, 6) is -1.03. The first-order chi connectivity index (χ1) is 16.0. The molecule has 0 aliphatic carbocycles. The third-order valence-corrected chi connectivity index (χ3v) is 6.97. The maximum Gasteiger partial charge on any atom is 0.340 e. The molecule has 0 spiro atoms. The third-order valence-electron chi connectivity index (χ3n) is 4.84. The van der Waals surface area contributed by atoms with Crippen molar-refractivity contribution in [3.63, 3.8) is 0 Å². The second-order valence-corrected chi connectivity index (χ2v) is 9.53. The summed E-state index contributed by atoms with van der Waals surface area (Å²) in [6, 6.07) is 21.8. The van der Waals surface area contributed by atoms with Gasteiger partial charge >= 0.3 is 5.97 Å². The Bertz CT molecular complexity index is 1270. The second-order valence-electron chi connectivity index (χ2n) is 7.20. The van der Waals surface area contributed by atoms with Crippen LogP contribution < -0.4 is 5.32 Å². The van der Waals surface area contributed by atoms with Crippen LogP contribution in [-0.2, 0) is 14.3 Å². The molecule has 4 nitrogen and oxygen atoms in total. The number of carbonyl (C=O) groups excluding carboxylic acids is 2. The zero-order chi connectivity index (χ0) is 23.2. The maximum atomic E-state index is 13.3. The minimum Gasteiger partial charge on any atom is -0.444 e. The van der Waals surface area contributed by atoms with Gasteiger partial charge in [-0.1, -0.05) is 60.1 Å². The van der Waals surface area contributed by atoms with Gasteiger partial charge in [-0.15, -0.1) is 22.7 Å². The lowest BCUT2D eigenvalue weighted by atomic mass is 10.1. The molecule has 7 heteroatoms. The Morgan fingerprint density at radius 3 is 2.39 bits per heavy atom. The highest BCUT2D eigenvalue weighted by Crippen LogP contribution is 2.29. The minimum atomic E-state index is -1.13. The van der Waals surface area contributed by atoms with Gasteiger partial charge in [-0.3, -0.25) is 4.79 Å². The number of halogens is 1. The maximum absolute atomic E-state index is 13.3. The first-order valence-electron chi connectivity index (χ1n) is 10.1. The molecule has 1 atom stereocenters. The van der Waals surface area contributed by atoms with Crippen LogP contribution in [0.15, 0.2) is 83.6 Å². The average Bonchev–Trinajstić information content (AvgIpc) is 3.53. The van der Waals surface area contributed by atoms with Gasteiger partial charge in [0, 0.05) is 26.0 Å². The average molecular weight is 494 g/mol. The summed E-state index contributed by atoms with van der Waals surface area (Å²) in [4.78, 5) is 28.2. The normalized spacial score (nSPS) is 12.2. The van der Waals surface area contributed by atoms with Crippen LogP contribution in [0.4, 0.5) is 5.69 Å². The molecule has 4 aromatic rings. The van der Waals surface area contributed by atoms with Gasteiger partial charge in [0.25, 0.3) is 5.91 Å². The monoisotopic (exact) mass is 493 g/mol. The van der Waals surface area contributed by atoms with Crippen molar-refractivity contribution >= 4 is 63.5 Å². The van der Waals surface area contributed by atoms with Gasteiger partial charge in [0.15, 0.2) is 0 Å². The highest BCUT2D eigenvalue weighted by atomic mass is 35.5. The van der Waals surface area contributed by atoms with E-state index in [2.05, 4.69) is 5.32 Å². The molecule has 166 valence electrons. The van der Waals surface area contributed by atoms with Crippen molar-refractivity contribution in [2.24, 2.45) is 0 Å². The Hall–Kier alpha value is -3.19. The lowest BCUT2D eigenvalue weighted by Crippen LogP contribution is -2.26. The number of nitrogens with one attached hydrogen (secondary N) is 1. The highest BCUT2D eigenvalue weighted by Gasteiger charge is 2.27. The number of thiophene rings is 2. The van der Waals surface area contributed by atoms with Crippen molar-refractivity contribution in [3.05, 3.63) is 109 Å². The van der Waals surface area contributed by atoms with E-state index in [1.165, 1.54) is 22.7 Å². The van der Waals surface area contributed by atoms with Gasteiger partial charge in [-0.05, 0) is 53.6 Å². The summed E-state index contributed by atoms with van der Waals surface area (Å²) >= 11 is 9.16. The van der Waals surface area contributed by atoms with Crippen LogP contribution in [-0.4, -0.2) is 11.9 Å². The van der Waals surface area contributed by atoms with Gasteiger partial charge in [0.05, 0.1) is 5.57 Å². The number of esters is 1. The second kappa shape index (κ2) is 10.6. The zero-order valence-corrected chi connectivity index (χ0v) is 20.0. The van der Waals surface area contributed by atoms with E-state index < -0.39 is 18.0 Å². The molecule has 0 saturated carbocycles. The summed E-state index contributed by atoms with van der Waals surface area (Å²) in [7, 11) is 0. The standard InChI is InChI=1S/C26H20ClNO3S2/c1-17-11-12-19(15-22(17)27)28-25(29)24(18-7-3-2-4-8-18)31-26(30)21(23-10-6-14-33-23)16-20-9-5-13-32-20/h2-16,24H,1H3,(H,28,29)/b21-16+. The predicted molar refractivity (Wildman–Crippen MR) is 137 cm³/mol. The quantitative estimate of drug-likeness (QED) is 0.218. The van der Waals surface area contributed by atoms with E-state index in [9.17, 15) is 9.59 Å². The molecule has 2 aromatic carbocycles. The number of aryl methyl sites for hydroxylation is 1. The molecular formula is C26H20ClNO3S2. The number of amides is 1. The first-order valence-corrected chi connectivity index (χ1v) is 12.3. The number of ether oxygens (including phenoxy) is 1. The Morgan fingerprint density at radius 1 is 0.970 bits per heavy atom. The number of carbonyl (C=O) groups is 2. The fourth-order valence-corrected chi connectivity index (χ4v) is 4.70. The highest BCUT2D eigenvalue weighted by molar-refractivity contribution is 7.12. The van der Waals surface area contributed by atoms with Crippen LogP contribution in [0.2, 0.25) is 5.02 Å². The van der Waals surface area contributed by atoms with E-state index in [0.717, 1.165) is 15.3 Å². The molecule has 0 bridgehead atoms. The molecule has 2 heterocycles. The summed E-state index contributed by atoms with van der Waals surface area (Å²) in [5, 5.41) is 7.20. The van der Waals surface area contributed by atoms with E-state index in [-0.39, 0.29) is 0 Å². The third kappa shape index (κ3) is 5.79. The molecule has 0 fully saturated rings. The molecule has 33 heavy (non-hydrogen) atoms. The van der Waals surface area contributed by atoms with Crippen LogP contribution in [0.1, 0.15) is 27.0 Å². The topological polar surface area (TPSA) is 55.4 Å². The molecule has 2 aromatic heterocycles. The van der Waals surface area contributed by atoms with Crippen LogP contribution in [0.3, 0.4) is 0 Å². The van der Waals surface area contributed by atoms with Crippen molar-refractivity contribution < 1.29 is 14.3 Å². The lowest BCUT2D eigenvalue weighted by molar-refractivity contribution is -0.148. The number of benzene rings is 2. The fourth-order valence-electron chi connectivity index (χ4n) is 3.13. The SMILES string of the molecule is Cc1ccc(NC(=O)C(OC(=O)/C(=C/c2cccs2)c2cccs2)c2ccccc2)cc1Cl. The predicted octanol–water partition coefficient (Wildman–Crippen LogP) is 7.24. The van der Waals surface area contributed by atoms with Gasteiger partial charge in [-0.25, -0.2) is 4.79 Å². The molecule has 1 amide bonds. The summed E-state index contributed by atoms with van der Waals surface area (Å²) in [6.45, 7) is 1.88. The number of rotatable bonds is 7. The van der Waals surface area contributed by atoms with Gasteiger partial charge in [0.1, 0.15) is 0 Å². The molecule has 4 rings (SSSR count). The molecule has 1 unspecified atom stereocenters. The van der Waals surface area contributed by atoms with E-state index in [1.54, 1.807) is 42.5 Å². The number of anilines is 1. The van der Waals surface area contributed by atoms with E-state index in [0.29, 0.717) is 21.8 Å². The Labute approximate surface area is 205 Å². The summed E-state index contributed by atoms with van der Waals surface area (Å²) in [5.41, 5.74) is 2.41. The lowest BCUT2D eigenvalue weighted by Gasteiger charge is -2.19. The van der Waals surface area contributed by atoms with Crippen molar-refractivity contribution in [1.82, 2.24) is 0 Å². The number of hydrogen-bond donors (Lipinski definition) is 1. The van der Waals surface area contributed by atoms with Crippen LogP contribution in [0.5, 0.6) is 0 Å².